The first-order valence-corrected chi connectivity index (χ1v) is 9.52. The van der Waals surface area contributed by atoms with Gasteiger partial charge in [0.1, 0.15) is 11.6 Å². The molecule has 0 saturated heterocycles. The van der Waals surface area contributed by atoms with Crippen LogP contribution in [-0.4, -0.2) is 32.3 Å². The largest absolute Gasteiger partial charge is 0.345 e. The number of carbonyl (C=O) groups excluding carboxylic acids is 2. The highest BCUT2D eigenvalue weighted by Crippen LogP contribution is 2.17. The Balaban J connectivity index is 1.54. The van der Waals surface area contributed by atoms with Crippen LogP contribution in [0.5, 0.6) is 0 Å². The molecule has 0 radical (unpaired) electrons. The van der Waals surface area contributed by atoms with Gasteiger partial charge < -0.3 is 15.2 Å². The van der Waals surface area contributed by atoms with Crippen LogP contribution < -0.4 is 10.6 Å². The van der Waals surface area contributed by atoms with Crippen molar-refractivity contribution in [1.29, 1.82) is 0 Å². The lowest BCUT2D eigenvalue weighted by Crippen LogP contribution is -2.25. The Labute approximate surface area is 169 Å². The van der Waals surface area contributed by atoms with Gasteiger partial charge >= 0.3 is 0 Å². The summed E-state index contributed by atoms with van der Waals surface area (Å²) in [5, 5.41) is 13.5. The number of benzene rings is 2. The number of para-hydroxylation sites is 1. The first kappa shape index (κ1) is 20.5. The highest BCUT2D eigenvalue weighted by atomic mass is 32.2. The quantitative estimate of drug-likeness (QED) is 0.577. The maximum atomic E-state index is 13.6. The van der Waals surface area contributed by atoms with Crippen LogP contribution >= 0.6 is 11.8 Å². The predicted molar refractivity (Wildman–Crippen MR) is 104 cm³/mol. The number of aromatic nitrogens is 3. The lowest BCUT2D eigenvalue weighted by molar-refractivity contribution is -0.113. The molecule has 3 aromatic rings. The number of carbonyl (C=O) groups is 2. The van der Waals surface area contributed by atoms with Crippen molar-refractivity contribution in [3.63, 3.8) is 0 Å². The first-order chi connectivity index (χ1) is 14.0. The van der Waals surface area contributed by atoms with E-state index in [2.05, 4.69) is 20.8 Å². The predicted octanol–water partition coefficient (Wildman–Crippen LogP) is 2.75. The van der Waals surface area contributed by atoms with Crippen LogP contribution in [0, 0.1) is 11.6 Å². The van der Waals surface area contributed by atoms with Gasteiger partial charge in [0.05, 0.1) is 23.5 Å². The van der Waals surface area contributed by atoms with E-state index in [1.54, 1.807) is 23.7 Å². The standard InChI is InChI=1S/C19H17F2N5O2S/c1-26-16(10-22-18(28)12-6-2-3-7-13(12)20)24-25-19(26)29-11-17(27)23-15-9-5-4-8-14(15)21/h2-9H,10-11H2,1H3,(H,22,28)(H,23,27). The average Bonchev–Trinajstić information content (AvgIpc) is 3.06. The number of amides is 2. The van der Waals surface area contributed by atoms with Crippen LogP contribution in [0.15, 0.2) is 53.7 Å². The van der Waals surface area contributed by atoms with E-state index >= 15 is 0 Å². The second-order valence-corrected chi connectivity index (χ2v) is 6.88. The molecule has 0 saturated carbocycles. The van der Waals surface area contributed by atoms with Gasteiger partial charge in [0.15, 0.2) is 11.0 Å². The zero-order valence-electron chi connectivity index (χ0n) is 15.4. The van der Waals surface area contributed by atoms with E-state index in [0.29, 0.717) is 11.0 Å². The molecule has 0 aliphatic heterocycles. The summed E-state index contributed by atoms with van der Waals surface area (Å²) in [4.78, 5) is 24.1. The monoisotopic (exact) mass is 417 g/mol. The van der Waals surface area contributed by atoms with E-state index in [-0.39, 0.29) is 23.5 Å². The van der Waals surface area contributed by atoms with Crippen LogP contribution in [-0.2, 0) is 18.4 Å². The molecule has 1 heterocycles. The lowest BCUT2D eigenvalue weighted by atomic mass is 10.2. The van der Waals surface area contributed by atoms with Gasteiger partial charge in [-0.15, -0.1) is 10.2 Å². The number of nitrogens with zero attached hydrogens (tertiary/aromatic N) is 3. The molecule has 29 heavy (non-hydrogen) atoms. The maximum Gasteiger partial charge on any atom is 0.254 e. The molecule has 2 aromatic carbocycles. The fraction of sp³-hybridized carbons (Fsp3) is 0.158. The second kappa shape index (κ2) is 9.28. The SMILES string of the molecule is Cn1c(CNC(=O)c2ccccc2F)nnc1SCC(=O)Nc1ccccc1F. The third-order valence-electron chi connectivity index (χ3n) is 3.93. The summed E-state index contributed by atoms with van der Waals surface area (Å²) >= 11 is 1.12. The van der Waals surface area contributed by atoms with Crippen molar-refractivity contribution in [2.45, 2.75) is 11.7 Å². The van der Waals surface area contributed by atoms with E-state index in [1.807, 2.05) is 0 Å². The maximum absolute atomic E-state index is 13.6. The van der Waals surface area contributed by atoms with Gasteiger partial charge in [0.25, 0.3) is 5.91 Å². The van der Waals surface area contributed by atoms with Gasteiger partial charge in [-0.25, -0.2) is 8.78 Å². The molecular weight excluding hydrogens is 400 g/mol. The third kappa shape index (κ3) is 5.17. The Bertz CT molecular complexity index is 1040. The number of hydrogen-bond donors (Lipinski definition) is 2. The molecular formula is C19H17F2N5O2S. The van der Waals surface area contributed by atoms with Gasteiger partial charge in [-0.05, 0) is 24.3 Å². The summed E-state index contributed by atoms with van der Waals surface area (Å²) < 4.78 is 28.8. The van der Waals surface area contributed by atoms with Crippen molar-refractivity contribution in [1.82, 2.24) is 20.1 Å². The Morgan fingerprint density at radius 3 is 2.45 bits per heavy atom. The molecule has 10 heteroatoms. The average molecular weight is 417 g/mol. The van der Waals surface area contributed by atoms with E-state index in [0.717, 1.165) is 11.8 Å². The zero-order valence-corrected chi connectivity index (χ0v) is 16.2. The fourth-order valence-corrected chi connectivity index (χ4v) is 3.13. The molecule has 0 aliphatic carbocycles. The smallest absolute Gasteiger partial charge is 0.254 e. The summed E-state index contributed by atoms with van der Waals surface area (Å²) in [6.07, 6.45) is 0. The highest BCUT2D eigenvalue weighted by Gasteiger charge is 2.15. The number of anilines is 1. The fourth-order valence-electron chi connectivity index (χ4n) is 2.40. The molecule has 150 valence electrons. The highest BCUT2D eigenvalue weighted by molar-refractivity contribution is 7.99. The number of thioether (sulfide) groups is 1. The van der Waals surface area contributed by atoms with E-state index in [1.165, 1.54) is 36.4 Å². The van der Waals surface area contributed by atoms with Crippen molar-refractivity contribution in [2.24, 2.45) is 7.05 Å². The third-order valence-corrected chi connectivity index (χ3v) is 4.95. The van der Waals surface area contributed by atoms with Crippen molar-refractivity contribution < 1.29 is 18.4 Å². The first-order valence-electron chi connectivity index (χ1n) is 8.54. The summed E-state index contributed by atoms with van der Waals surface area (Å²) in [6.45, 7) is 0.0403. The molecule has 0 bridgehead atoms. The topological polar surface area (TPSA) is 88.9 Å². The number of rotatable bonds is 7. The summed E-state index contributed by atoms with van der Waals surface area (Å²) in [7, 11) is 1.68. The number of nitrogens with one attached hydrogen (secondary N) is 2. The Morgan fingerprint density at radius 1 is 1.03 bits per heavy atom. The van der Waals surface area contributed by atoms with Crippen molar-refractivity contribution in [3.8, 4) is 0 Å². The van der Waals surface area contributed by atoms with Crippen LogP contribution in [0.25, 0.3) is 0 Å². The van der Waals surface area contributed by atoms with Gasteiger partial charge in [0, 0.05) is 7.05 Å². The van der Waals surface area contributed by atoms with Crippen molar-refractivity contribution in [3.05, 3.63) is 71.6 Å². The molecule has 1 aromatic heterocycles. The molecule has 2 N–H and O–H groups in total. The Hall–Kier alpha value is -3.27. The molecule has 3 rings (SSSR count). The van der Waals surface area contributed by atoms with Gasteiger partial charge in [-0.2, -0.15) is 0 Å². The van der Waals surface area contributed by atoms with Crippen molar-refractivity contribution >= 4 is 29.3 Å². The molecule has 2 amide bonds. The van der Waals surface area contributed by atoms with Crippen molar-refractivity contribution in [2.75, 3.05) is 11.1 Å². The molecule has 0 fully saturated rings. The van der Waals surface area contributed by atoms with Crippen LogP contribution in [0.3, 0.4) is 0 Å². The van der Waals surface area contributed by atoms with Crippen LogP contribution in [0.2, 0.25) is 0 Å². The minimum atomic E-state index is -0.611. The molecule has 0 atom stereocenters. The minimum absolute atomic E-state index is 0.00188. The number of halogens is 2. The summed E-state index contributed by atoms with van der Waals surface area (Å²) in [5.74, 6) is -1.65. The molecule has 7 nitrogen and oxygen atoms in total. The number of hydrogen-bond acceptors (Lipinski definition) is 5. The summed E-state index contributed by atoms with van der Waals surface area (Å²) in [6, 6.07) is 11.5. The van der Waals surface area contributed by atoms with Gasteiger partial charge in [-0.1, -0.05) is 36.0 Å². The Morgan fingerprint density at radius 2 is 1.72 bits per heavy atom. The van der Waals surface area contributed by atoms with Crippen LogP contribution in [0.1, 0.15) is 16.2 Å². The van der Waals surface area contributed by atoms with E-state index in [4.69, 9.17) is 0 Å². The van der Waals surface area contributed by atoms with Gasteiger partial charge in [0.2, 0.25) is 5.91 Å². The molecule has 0 unspecified atom stereocenters. The van der Waals surface area contributed by atoms with Gasteiger partial charge in [-0.3, -0.25) is 9.59 Å². The van der Waals surface area contributed by atoms with Crippen LogP contribution in [0.4, 0.5) is 14.5 Å². The van der Waals surface area contributed by atoms with E-state index in [9.17, 15) is 18.4 Å². The Kier molecular flexibility index (Phi) is 6.55. The molecule has 0 aliphatic rings. The zero-order chi connectivity index (χ0) is 20.8. The lowest BCUT2D eigenvalue weighted by Gasteiger charge is -2.07. The minimum Gasteiger partial charge on any atom is -0.345 e. The summed E-state index contributed by atoms with van der Waals surface area (Å²) in [5.41, 5.74) is 0.0432. The normalized spacial score (nSPS) is 10.6. The molecule has 0 spiro atoms. The second-order valence-electron chi connectivity index (χ2n) is 5.94. The van der Waals surface area contributed by atoms with E-state index < -0.39 is 23.4 Å².